The van der Waals surface area contributed by atoms with Crippen molar-refractivity contribution in [3.8, 4) is 0 Å². The van der Waals surface area contributed by atoms with Gasteiger partial charge in [0.25, 0.3) is 0 Å². The van der Waals surface area contributed by atoms with Gasteiger partial charge in [0.05, 0.1) is 0 Å². The molecule has 0 N–H and O–H groups in total. The lowest BCUT2D eigenvalue weighted by atomic mass is 9.72. The molecule has 2 aromatic carbocycles. The molecule has 0 saturated carbocycles. The van der Waals surface area contributed by atoms with E-state index >= 15 is 0 Å². The minimum atomic E-state index is 0.108. The maximum absolute atomic E-state index is 2.35. The van der Waals surface area contributed by atoms with Crippen LogP contribution in [0.2, 0.25) is 0 Å². The summed E-state index contributed by atoms with van der Waals surface area (Å²) in [7, 11) is 0. The summed E-state index contributed by atoms with van der Waals surface area (Å²) < 4.78 is 0. The van der Waals surface area contributed by atoms with Gasteiger partial charge in [-0.25, -0.2) is 0 Å². The van der Waals surface area contributed by atoms with E-state index in [1.54, 1.807) is 0 Å². The number of benzene rings is 2. The molecule has 0 aliphatic carbocycles. The van der Waals surface area contributed by atoms with Gasteiger partial charge in [-0.05, 0) is 42.5 Å². The van der Waals surface area contributed by atoms with Crippen molar-refractivity contribution in [2.75, 3.05) is 0 Å². The maximum atomic E-state index is 2.35. The van der Waals surface area contributed by atoms with E-state index < -0.39 is 0 Å². The molecule has 0 aliphatic heterocycles. The molecule has 94 valence electrons. The molecule has 0 amide bonds. The first kappa shape index (κ1) is 12.9. The largest absolute Gasteiger partial charge is 0.0642 e. The van der Waals surface area contributed by atoms with Crippen LogP contribution in [0.25, 0.3) is 0 Å². The third-order valence-electron chi connectivity index (χ3n) is 4.32. The highest BCUT2D eigenvalue weighted by Gasteiger charge is 2.28. The Kier molecular flexibility index (Phi) is 3.56. The standard InChI is InChI=1S/C18H22/c1-5-18(4,16-11-7-6-8-12-16)17-13-9-10-14(2)15(17)3/h6-13H,5H2,1-4H3. The van der Waals surface area contributed by atoms with E-state index in [1.807, 2.05) is 0 Å². The second kappa shape index (κ2) is 4.97. The topological polar surface area (TPSA) is 0 Å². The highest BCUT2D eigenvalue weighted by Crippen LogP contribution is 2.37. The molecule has 0 saturated heterocycles. The fraction of sp³-hybridized carbons (Fsp3) is 0.333. The molecule has 0 aromatic heterocycles. The lowest BCUT2D eigenvalue weighted by molar-refractivity contribution is 0.546. The third kappa shape index (κ3) is 2.08. The first-order chi connectivity index (χ1) is 8.59. The highest BCUT2D eigenvalue weighted by molar-refractivity contribution is 5.45. The van der Waals surface area contributed by atoms with Gasteiger partial charge in [0.1, 0.15) is 0 Å². The number of hydrogen-bond acceptors (Lipinski definition) is 0. The molecule has 0 bridgehead atoms. The fourth-order valence-electron chi connectivity index (χ4n) is 2.70. The summed E-state index contributed by atoms with van der Waals surface area (Å²) in [5.74, 6) is 0. The molecule has 18 heavy (non-hydrogen) atoms. The van der Waals surface area contributed by atoms with E-state index in [-0.39, 0.29) is 5.41 Å². The molecule has 2 aromatic rings. The van der Waals surface area contributed by atoms with Crippen LogP contribution < -0.4 is 0 Å². The lowest BCUT2D eigenvalue weighted by Crippen LogP contribution is -2.24. The van der Waals surface area contributed by atoms with Crippen LogP contribution in [0.15, 0.2) is 48.5 Å². The zero-order chi connectivity index (χ0) is 13.2. The van der Waals surface area contributed by atoms with Crippen LogP contribution in [-0.2, 0) is 5.41 Å². The molecule has 1 unspecified atom stereocenters. The summed E-state index contributed by atoms with van der Waals surface area (Å²) in [6.07, 6.45) is 1.11. The zero-order valence-electron chi connectivity index (χ0n) is 11.8. The van der Waals surface area contributed by atoms with E-state index in [2.05, 4.69) is 76.2 Å². The van der Waals surface area contributed by atoms with Crippen molar-refractivity contribution in [2.24, 2.45) is 0 Å². The van der Waals surface area contributed by atoms with Gasteiger partial charge in [0, 0.05) is 5.41 Å². The summed E-state index contributed by atoms with van der Waals surface area (Å²) in [6, 6.07) is 17.5. The summed E-state index contributed by atoms with van der Waals surface area (Å²) in [6.45, 7) is 9.06. The summed E-state index contributed by atoms with van der Waals surface area (Å²) in [5, 5.41) is 0. The van der Waals surface area contributed by atoms with Crippen molar-refractivity contribution < 1.29 is 0 Å². The number of hydrogen-bond donors (Lipinski definition) is 0. The molecule has 0 aliphatic rings. The highest BCUT2D eigenvalue weighted by atomic mass is 14.3. The monoisotopic (exact) mass is 238 g/mol. The lowest BCUT2D eigenvalue weighted by Gasteiger charge is -2.32. The maximum Gasteiger partial charge on any atom is 0.0174 e. The molecule has 0 fully saturated rings. The molecule has 0 heterocycles. The van der Waals surface area contributed by atoms with Crippen LogP contribution in [0, 0.1) is 13.8 Å². The molecular weight excluding hydrogens is 216 g/mol. The molecular formula is C18H22. The van der Waals surface area contributed by atoms with Crippen molar-refractivity contribution >= 4 is 0 Å². The van der Waals surface area contributed by atoms with Crippen molar-refractivity contribution in [3.05, 3.63) is 70.8 Å². The van der Waals surface area contributed by atoms with Crippen molar-refractivity contribution in [2.45, 2.75) is 39.5 Å². The molecule has 0 radical (unpaired) electrons. The second-order valence-electron chi connectivity index (χ2n) is 5.30. The summed E-state index contributed by atoms with van der Waals surface area (Å²) in [4.78, 5) is 0. The van der Waals surface area contributed by atoms with Crippen molar-refractivity contribution in [1.29, 1.82) is 0 Å². The Balaban J connectivity index is 2.61. The average molecular weight is 238 g/mol. The minimum absolute atomic E-state index is 0.108. The Labute approximate surface area is 111 Å². The summed E-state index contributed by atoms with van der Waals surface area (Å²) >= 11 is 0. The van der Waals surface area contributed by atoms with E-state index in [0.717, 1.165) is 6.42 Å². The number of aryl methyl sites for hydroxylation is 1. The molecule has 1 atom stereocenters. The number of rotatable bonds is 3. The predicted molar refractivity (Wildman–Crippen MR) is 79.1 cm³/mol. The van der Waals surface area contributed by atoms with Gasteiger partial charge in [-0.15, -0.1) is 0 Å². The zero-order valence-corrected chi connectivity index (χ0v) is 11.8. The Hall–Kier alpha value is -1.56. The SMILES string of the molecule is CCC(C)(c1ccccc1)c1cccc(C)c1C. The molecule has 0 spiro atoms. The Bertz CT molecular complexity index is 525. The second-order valence-corrected chi connectivity index (χ2v) is 5.30. The molecule has 2 rings (SSSR count). The first-order valence-corrected chi connectivity index (χ1v) is 6.72. The van der Waals surface area contributed by atoms with Crippen LogP contribution in [0.3, 0.4) is 0 Å². The quantitative estimate of drug-likeness (QED) is 0.704. The Morgan fingerprint density at radius 3 is 2.17 bits per heavy atom. The van der Waals surface area contributed by atoms with Gasteiger partial charge in [0.15, 0.2) is 0 Å². The molecule has 0 nitrogen and oxygen atoms in total. The van der Waals surface area contributed by atoms with Crippen LogP contribution in [0.4, 0.5) is 0 Å². The predicted octanol–water partition coefficient (Wildman–Crippen LogP) is 5.02. The smallest absolute Gasteiger partial charge is 0.0174 e. The minimum Gasteiger partial charge on any atom is -0.0642 e. The van der Waals surface area contributed by atoms with Gasteiger partial charge in [0.2, 0.25) is 0 Å². The van der Waals surface area contributed by atoms with Crippen LogP contribution in [0.5, 0.6) is 0 Å². The van der Waals surface area contributed by atoms with Gasteiger partial charge in [-0.1, -0.05) is 62.4 Å². The van der Waals surface area contributed by atoms with Crippen LogP contribution in [-0.4, -0.2) is 0 Å². The van der Waals surface area contributed by atoms with Gasteiger partial charge >= 0.3 is 0 Å². The van der Waals surface area contributed by atoms with E-state index in [4.69, 9.17) is 0 Å². The third-order valence-corrected chi connectivity index (χ3v) is 4.32. The van der Waals surface area contributed by atoms with E-state index in [1.165, 1.54) is 22.3 Å². The van der Waals surface area contributed by atoms with Crippen molar-refractivity contribution in [1.82, 2.24) is 0 Å². The van der Waals surface area contributed by atoms with Crippen LogP contribution >= 0.6 is 0 Å². The fourth-order valence-corrected chi connectivity index (χ4v) is 2.70. The van der Waals surface area contributed by atoms with Gasteiger partial charge in [-0.2, -0.15) is 0 Å². The summed E-state index contributed by atoms with van der Waals surface area (Å²) in [5.41, 5.74) is 5.77. The first-order valence-electron chi connectivity index (χ1n) is 6.72. The van der Waals surface area contributed by atoms with Gasteiger partial charge < -0.3 is 0 Å². The molecule has 0 heteroatoms. The Morgan fingerprint density at radius 2 is 1.56 bits per heavy atom. The van der Waals surface area contributed by atoms with E-state index in [0.29, 0.717) is 0 Å². The Morgan fingerprint density at radius 1 is 0.889 bits per heavy atom. The van der Waals surface area contributed by atoms with E-state index in [9.17, 15) is 0 Å². The average Bonchev–Trinajstić information content (AvgIpc) is 2.42. The van der Waals surface area contributed by atoms with Crippen LogP contribution in [0.1, 0.15) is 42.5 Å². The van der Waals surface area contributed by atoms with Crippen molar-refractivity contribution in [3.63, 3.8) is 0 Å². The normalized spacial score (nSPS) is 14.2. The van der Waals surface area contributed by atoms with Gasteiger partial charge in [-0.3, -0.25) is 0 Å².